The summed E-state index contributed by atoms with van der Waals surface area (Å²) >= 11 is 0. The summed E-state index contributed by atoms with van der Waals surface area (Å²) in [4.78, 5) is 24.0. The van der Waals surface area contributed by atoms with Crippen molar-refractivity contribution in [3.8, 4) is 11.4 Å². The summed E-state index contributed by atoms with van der Waals surface area (Å²) in [5.74, 6) is 0.969. The predicted molar refractivity (Wildman–Crippen MR) is 114 cm³/mol. The van der Waals surface area contributed by atoms with E-state index in [9.17, 15) is 4.79 Å². The van der Waals surface area contributed by atoms with Crippen LogP contribution in [0, 0.1) is 6.92 Å². The molecular weight excluding hydrogens is 366 g/mol. The molecule has 2 heterocycles. The van der Waals surface area contributed by atoms with Gasteiger partial charge in [0.2, 0.25) is 17.6 Å². The van der Waals surface area contributed by atoms with Gasteiger partial charge in [0.05, 0.1) is 0 Å². The summed E-state index contributed by atoms with van der Waals surface area (Å²) in [6.07, 6.45) is 1.29. The summed E-state index contributed by atoms with van der Waals surface area (Å²) < 4.78 is 5.36. The van der Waals surface area contributed by atoms with E-state index >= 15 is 0 Å². The number of nitrogens with zero attached hydrogens (tertiary/aromatic N) is 5. The zero-order chi connectivity index (χ0) is 21.0. The van der Waals surface area contributed by atoms with E-state index < -0.39 is 0 Å². The summed E-state index contributed by atoms with van der Waals surface area (Å²) in [7, 11) is 4.21. The number of carbonyl (C=O) groups excluding carboxylic acids is 1. The fourth-order valence-corrected chi connectivity index (χ4v) is 4.07. The van der Waals surface area contributed by atoms with E-state index in [0.717, 1.165) is 43.7 Å². The van der Waals surface area contributed by atoms with Crippen molar-refractivity contribution < 1.29 is 9.32 Å². The van der Waals surface area contributed by atoms with Crippen LogP contribution < -0.4 is 0 Å². The van der Waals surface area contributed by atoms with Crippen LogP contribution in [0.1, 0.15) is 31.7 Å². The van der Waals surface area contributed by atoms with E-state index in [1.165, 1.54) is 0 Å². The molecule has 0 radical (unpaired) electrons. The van der Waals surface area contributed by atoms with E-state index in [1.807, 2.05) is 36.1 Å². The van der Waals surface area contributed by atoms with Gasteiger partial charge in [-0.25, -0.2) is 0 Å². The fraction of sp³-hybridized carbons (Fsp3) is 0.591. The lowest BCUT2D eigenvalue weighted by molar-refractivity contribution is -0.135. The summed E-state index contributed by atoms with van der Waals surface area (Å²) in [6.45, 7) is 10.0. The molecule has 0 spiro atoms. The third-order valence-electron chi connectivity index (χ3n) is 5.63. The number of aryl methyl sites for hydroxylation is 1. The Labute approximate surface area is 173 Å². The molecule has 7 nitrogen and oxygen atoms in total. The first-order valence-electron chi connectivity index (χ1n) is 10.4. The Morgan fingerprint density at radius 3 is 2.55 bits per heavy atom. The zero-order valence-corrected chi connectivity index (χ0v) is 18.3. The van der Waals surface area contributed by atoms with Gasteiger partial charge in [-0.2, -0.15) is 4.98 Å². The van der Waals surface area contributed by atoms with Crippen LogP contribution in [0.15, 0.2) is 28.8 Å². The molecule has 29 heavy (non-hydrogen) atoms. The van der Waals surface area contributed by atoms with Crippen LogP contribution in [0.4, 0.5) is 0 Å². The topological polar surface area (TPSA) is 65.7 Å². The first-order chi connectivity index (χ1) is 13.8. The minimum atomic E-state index is 0.0524. The summed E-state index contributed by atoms with van der Waals surface area (Å²) in [5, 5.41) is 4.07. The van der Waals surface area contributed by atoms with Crippen molar-refractivity contribution in [1.29, 1.82) is 0 Å². The normalized spacial score (nSPS) is 20.4. The molecule has 2 unspecified atom stereocenters. The van der Waals surface area contributed by atoms with Gasteiger partial charge in [0.15, 0.2) is 0 Å². The predicted octanol–water partition coefficient (Wildman–Crippen LogP) is 2.46. The molecule has 0 aliphatic carbocycles. The van der Waals surface area contributed by atoms with Crippen molar-refractivity contribution >= 4 is 5.91 Å². The van der Waals surface area contributed by atoms with Crippen LogP contribution in [0.2, 0.25) is 0 Å². The average molecular weight is 400 g/mol. The van der Waals surface area contributed by atoms with E-state index in [-0.39, 0.29) is 12.3 Å². The van der Waals surface area contributed by atoms with Gasteiger partial charge in [-0.15, -0.1) is 0 Å². The second kappa shape index (κ2) is 9.50. The van der Waals surface area contributed by atoms with Crippen LogP contribution >= 0.6 is 0 Å². The number of aromatic nitrogens is 2. The van der Waals surface area contributed by atoms with E-state index in [1.54, 1.807) is 0 Å². The van der Waals surface area contributed by atoms with Gasteiger partial charge in [0.1, 0.15) is 6.42 Å². The van der Waals surface area contributed by atoms with Crippen LogP contribution in [0.3, 0.4) is 0 Å². The lowest BCUT2D eigenvalue weighted by Gasteiger charge is -2.44. The molecule has 2 aromatic rings. The molecule has 7 heteroatoms. The molecule has 1 fully saturated rings. The third-order valence-corrected chi connectivity index (χ3v) is 5.63. The second-order valence-corrected chi connectivity index (χ2v) is 8.39. The number of benzene rings is 1. The molecule has 1 aromatic heterocycles. The molecule has 158 valence electrons. The minimum absolute atomic E-state index is 0.0524. The van der Waals surface area contributed by atoms with Gasteiger partial charge in [0, 0.05) is 37.3 Å². The Bertz CT molecular complexity index is 807. The maximum atomic E-state index is 12.9. The van der Waals surface area contributed by atoms with Crippen molar-refractivity contribution in [2.75, 3.05) is 40.3 Å². The Morgan fingerprint density at radius 2 is 1.90 bits per heavy atom. The Balaban J connectivity index is 1.57. The monoisotopic (exact) mass is 399 g/mol. The molecule has 0 bridgehead atoms. The first-order valence-corrected chi connectivity index (χ1v) is 10.4. The lowest BCUT2D eigenvalue weighted by atomic mass is 10.1. The number of rotatable bonds is 7. The standard InChI is InChI=1S/C22H33N5O2/c1-16-9-6-7-10-19(16)22-23-20(29-24-22)13-21(28)26-14-17(2)27(18(3)15-26)12-8-11-25(4)5/h6-7,9-10,17-18H,8,11-15H2,1-5H3. The molecule has 1 aliphatic heterocycles. The van der Waals surface area contributed by atoms with Crippen molar-refractivity contribution in [3.63, 3.8) is 0 Å². The molecule has 3 rings (SSSR count). The van der Waals surface area contributed by atoms with Crippen LogP contribution in [-0.2, 0) is 11.2 Å². The largest absolute Gasteiger partial charge is 0.339 e. The molecule has 1 aliphatic rings. The summed E-state index contributed by atoms with van der Waals surface area (Å²) in [6, 6.07) is 8.59. The molecule has 1 aromatic carbocycles. The third kappa shape index (κ3) is 5.42. The SMILES string of the molecule is Cc1ccccc1-c1noc(CC(=O)N2CC(C)N(CCCN(C)C)C(C)C2)n1. The summed E-state index contributed by atoms with van der Waals surface area (Å²) in [5.41, 5.74) is 2.02. The quantitative estimate of drug-likeness (QED) is 0.713. The molecule has 0 saturated carbocycles. The van der Waals surface area contributed by atoms with E-state index in [2.05, 4.69) is 47.9 Å². The number of hydrogen-bond donors (Lipinski definition) is 0. The highest BCUT2D eigenvalue weighted by molar-refractivity contribution is 5.78. The number of piperazine rings is 1. The highest BCUT2D eigenvalue weighted by atomic mass is 16.5. The van der Waals surface area contributed by atoms with E-state index in [0.29, 0.717) is 23.8 Å². The fourth-order valence-electron chi connectivity index (χ4n) is 4.07. The highest BCUT2D eigenvalue weighted by Gasteiger charge is 2.32. The minimum Gasteiger partial charge on any atom is -0.339 e. The van der Waals surface area contributed by atoms with Crippen molar-refractivity contribution in [2.45, 2.75) is 45.7 Å². The Kier molecular flexibility index (Phi) is 7.03. The maximum absolute atomic E-state index is 12.9. The number of amides is 1. The smallest absolute Gasteiger partial charge is 0.236 e. The Morgan fingerprint density at radius 1 is 1.21 bits per heavy atom. The van der Waals surface area contributed by atoms with E-state index in [4.69, 9.17) is 4.52 Å². The molecular formula is C22H33N5O2. The number of hydrogen-bond acceptors (Lipinski definition) is 6. The maximum Gasteiger partial charge on any atom is 0.236 e. The number of carbonyl (C=O) groups is 1. The van der Waals surface area contributed by atoms with Crippen molar-refractivity contribution in [1.82, 2.24) is 24.8 Å². The van der Waals surface area contributed by atoms with Crippen molar-refractivity contribution in [2.24, 2.45) is 0 Å². The van der Waals surface area contributed by atoms with Gasteiger partial charge < -0.3 is 14.3 Å². The molecule has 2 atom stereocenters. The van der Waals surface area contributed by atoms with Crippen LogP contribution in [-0.4, -0.2) is 83.1 Å². The van der Waals surface area contributed by atoms with Crippen LogP contribution in [0.5, 0.6) is 0 Å². The van der Waals surface area contributed by atoms with Crippen LogP contribution in [0.25, 0.3) is 11.4 Å². The second-order valence-electron chi connectivity index (χ2n) is 8.39. The molecule has 0 N–H and O–H groups in total. The zero-order valence-electron chi connectivity index (χ0n) is 18.3. The Hall–Kier alpha value is -2.25. The van der Waals surface area contributed by atoms with Gasteiger partial charge in [-0.1, -0.05) is 29.4 Å². The van der Waals surface area contributed by atoms with Crippen molar-refractivity contribution in [3.05, 3.63) is 35.7 Å². The van der Waals surface area contributed by atoms with Gasteiger partial charge in [0.25, 0.3) is 0 Å². The lowest BCUT2D eigenvalue weighted by Crippen LogP contribution is -2.58. The molecule has 1 saturated heterocycles. The highest BCUT2D eigenvalue weighted by Crippen LogP contribution is 2.21. The molecule has 1 amide bonds. The average Bonchev–Trinajstić information content (AvgIpc) is 3.12. The first kappa shape index (κ1) is 21.5. The van der Waals surface area contributed by atoms with Gasteiger partial charge in [-0.3, -0.25) is 9.69 Å². The van der Waals surface area contributed by atoms with Gasteiger partial charge >= 0.3 is 0 Å². The van der Waals surface area contributed by atoms with Gasteiger partial charge in [-0.05, 0) is 53.4 Å².